The van der Waals surface area contributed by atoms with E-state index >= 15 is 0 Å². The summed E-state index contributed by atoms with van der Waals surface area (Å²) in [4.78, 5) is 16.3. The van der Waals surface area contributed by atoms with Crippen LogP contribution in [0.2, 0.25) is 0 Å². The number of carbonyl (C=O) groups is 1. The molecule has 0 aromatic heterocycles. The maximum absolute atomic E-state index is 11.6. The van der Waals surface area contributed by atoms with Crippen LogP contribution >= 0.6 is 0 Å². The summed E-state index contributed by atoms with van der Waals surface area (Å²) in [5.41, 5.74) is 2.13. The molecule has 1 amide bonds. The molecule has 20 heavy (non-hydrogen) atoms. The molecule has 110 valence electrons. The van der Waals surface area contributed by atoms with Crippen molar-refractivity contribution in [3.8, 4) is 0 Å². The molecule has 4 nitrogen and oxygen atoms in total. The van der Waals surface area contributed by atoms with Crippen LogP contribution in [0.5, 0.6) is 0 Å². The summed E-state index contributed by atoms with van der Waals surface area (Å²) < 4.78 is 0. The molecule has 0 unspecified atom stereocenters. The fourth-order valence-electron chi connectivity index (χ4n) is 2.51. The third-order valence-electron chi connectivity index (χ3n) is 3.71. The predicted octanol–water partition coefficient (Wildman–Crippen LogP) is 2.57. The molecule has 1 aliphatic heterocycles. The molecule has 0 atom stereocenters. The largest absolute Gasteiger partial charge is 0.370 e. The molecule has 0 spiro atoms. The second kappa shape index (κ2) is 7.29. The molecule has 1 saturated heterocycles. The first kappa shape index (κ1) is 14.9. The summed E-state index contributed by atoms with van der Waals surface area (Å²) in [5.74, 6) is 0.0941. The van der Waals surface area contributed by atoms with Crippen LogP contribution in [0.15, 0.2) is 24.3 Å². The Hall–Kier alpha value is -1.55. The van der Waals surface area contributed by atoms with Crippen molar-refractivity contribution in [2.45, 2.75) is 26.2 Å². The van der Waals surface area contributed by atoms with Gasteiger partial charge in [-0.1, -0.05) is 6.92 Å². The van der Waals surface area contributed by atoms with E-state index in [0.29, 0.717) is 6.42 Å². The van der Waals surface area contributed by atoms with Crippen LogP contribution in [0, 0.1) is 0 Å². The van der Waals surface area contributed by atoms with Gasteiger partial charge in [0.15, 0.2) is 0 Å². The molecule has 1 aromatic carbocycles. The normalized spacial score (nSPS) is 16.8. The highest BCUT2D eigenvalue weighted by molar-refractivity contribution is 5.90. The SMILES string of the molecule is CCCC(=O)Nc1ccc(N2CCCN(C)CC2)cc1. The van der Waals surface area contributed by atoms with E-state index in [9.17, 15) is 4.79 Å². The van der Waals surface area contributed by atoms with Crippen molar-refractivity contribution >= 4 is 17.3 Å². The summed E-state index contributed by atoms with van der Waals surface area (Å²) in [5, 5.41) is 2.93. The van der Waals surface area contributed by atoms with Crippen LogP contribution in [0.1, 0.15) is 26.2 Å². The van der Waals surface area contributed by atoms with Crippen LogP contribution in [0.4, 0.5) is 11.4 Å². The minimum Gasteiger partial charge on any atom is -0.370 e. The van der Waals surface area contributed by atoms with Gasteiger partial charge in [-0.05, 0) is 50.7 Å². The average Bonchev–Trinajstić information content (AvgIpc) is 2.65. The Kier molecular flexibility index (Phi) is 5.41. The van der Waals surface area contributed by atoms with Gasteiger partial charge in [0.25, 0.3) is 0 Å². The Morgan fingerprint density at radius 1 is 1.15 bits per heavy atom. The van der Waals surface area contributed by atoms with Gasteiger partial charge in [-0.15, -0.1) is 0 Å². The summed E-state index contributed by atoms with van der Waals surface area (Å²) in [6, 6.07) is 8.20. The van der Waals surface area contributed by atoms with Crippen molar-refractivity contribution in [3.63, 3.8) is 0 Å². The highest BCUT2D eigenvalue weighted by Gasteiger charge is 2.12. The van der Waals surface area contributed by atoms with Gasteiger partial charge in [-0.2, -0.15) is 0 Å². The number of hydrogen-bond donors (Lipinski definition) is 1. The Balaban J connectivity index is 1.95. The Morgan fingerprint density at radius 3 is 2.60 bits per heavy atom. The van der Waals surface area contributed by atoms with Gasteiger partial charge in [-0.25, -0.2) is 0 Å². The van der Waals surface area contributed by atoms with E-state index in [-0.39, 0.29) is 5.91 Å². The van der Waals surface area contributed by atoms with Crippen molar-refractivity contribution in [3.05, 3.63) is 24.3 Å². The first-order chi connectivity index (χ1) is 9.69. The summed E-state index contributed by atoms with van der Waals surface area (Å²) in [6.45, 7) is 6.46. The smallest absolute Gasteiger partial charge is 0.224 e. The molecule has 0 saturated carbocycles. The van der Waals surface area contributed by atoms with E-state index in [1.165, 1.54) is 18.7 Å². The number of anilines is 2. The van der Waals surface area contributed by atoms with Crippen molar-refractivity contribution in [2.75, 3.05) is 43.4 Å². The maximum Gasteiger partial charge on any atom is 0.224 e. The van der Waals surface area contributed by atoms with Crippen LogP contribution < -0.4 is 10.2 Å². The lowest BCUT2D eigenvalue weighted by Crippen LogP contribution is -2.28. The number of carbonyl (C=O) groups excluding carboxylic acids is 1. The highest BCUT2D eigenvalue weighted by atomic mass is 16.1. The highest BCUT2D eigenvalue weighted by Crippen LogP contribution is 2.19. The third kappa shape index (κ3) is 4.23. The van der Waals surface area contributed by atoms with Gasteiger partial charge in [0.05, 0.1) is 0 Å². The molecule has 0 bridgehead atoms. The Bertz CT molecular complexity index is 430. The van der Waals surface area contributed by atoms with Crippen molar-refractivity contribution in [1.29, 1.82) is 0 Å². The number of hydrogen-bond acceptors (Lipinski definition) is 3. The zero-order valence-corrected chi connectivity index (χ0v) is 12.6. The quantitative estimate of drug-likeness (QED) is 0.917. The van der Waals surface area contributed by atoms with E-state index in [2.05, 4.69) is 34.3 Å². The fourth-order valence-corrected chi connectivity index (χ4v) is 2.51. The average molecular weight is 275 g/mol. The second-order valence-electron chi connectivity index (χ2n) is 5.49. The lowest BCUT2D eigenvalue weighted by Gasteiger charge is -2.23. The minimum absolute atomic E-state index is 0.0941. The molecule has 4 heteroatoms. The molecule has 1 aliphatic rings. The van der Waals surface area contributed by atoms with E-state index in [4.69, 9.17) is 0 Å². The lowest BCUT2D eigenvalue weighted by atomic mass is 10.2. The molecule has 0 aliphatic carbocycles. The Labute approximate surface area is 121 Å². The van der Waals surface area contributed by atoms with Gasteiger partial charge in [0.1, 0.15) is 0 Å². The predicted molar refractivity (Wildman–Crippen MR) is 84.3 cm³/mol. The van der Waals surface area contributed by atoms with Crippen LogP contribution in [-0.2, 0) is 4.79 Å². The number of amides is 1. The zero-order chi connectivity index (χ0) is 14.4. The summed E-state index contributed by atoms with van der Waals surface area (Å²) in [6.07, 6.45) is 2.66. The van der Waals surface area contributed by atoms with Crippen molar-refractivity contribution < 1.29 is 4.79 Å². The van der Waals surface area contributed by atoms with Gasteiger partial charge in [0, 0.05) is 37.4 Å². The van der Waals surface area contributed by atoms with Crippen molar-refractivity contribution in [1.82, 2.24) is 4.90 Å². The molecule has 2 rings (SSSR count). The first-order valence-electron chi connectivity index (χ1n) is 7.52. The summed E-state index contributed by atoms with van der Waals surface area (Å²) >= 11 is 0. The summed E-state index contributed by atoms with van der Waals surface area (Å²) in [7, 11) is 2.18. The molecular formula is C16H25N3O. The molecule has 1 fully saturated rings. The lowest BCUT2D eigenvalue weighted by molar-refractivity contribution is -0.116. The molecule has 0 radical (unpaired) electrons. The molecular weight excluding hydrogens is 250 g/mol. The minimum atomic E-state index is 0.0941. The van der Waals surface area contributed by atoms with Crippen LogP contribution in [-0.4, -0.2) is 44.0 Å². The number of likely N-dealkylation sites (N-methyl/N-ethyl adjacent to an activating group) is 1. The fraction of sp³-hybridized carbons (Fsp3) is 0.562. The number of nitrogens with one attached hydrogen (secondary N) is 1. The number of nitrogens with zero attached hydrogens (tertiary/aromatic N) is 2. The Morgan fingerprint density at radius 2 is 1.90 bits per heavy atom. The molecule has 1 aromatic rings. The third-order valence-corrected chi connectivity index (χ3v) is 3.71. The van der Waals surface area contributed by atoms with Gasteiger partial charge < -0.3 is 15.1 Å². The monoisotopic (exact) mass is 275 g/mol. The number of rotatable bonds is 4. The van der Waals surface area contributed by atoms with Gasteiger partial charge >= 0.3 is 0 Å². The van der Waals surface area contributed by atoms with Crippen LogP contribution in [0.25, 0.3) is 0 Å². The topological polar surface area (TPSA) is 35.6 Å². The zero-order valence-electron chi connectivity index (χ0n) is 12.6. The van der Waals surface area contributed by atoms with Gasteiger partial charge in [0.2, 0.25) is 5.91 Å². The van der Waals surface area contributed by atoms with Crippen LogP contribution in [0.3, 0.4) is 0 Å². The maximum atomic E-state index is 11.6. The molecule has 1 N–H and O–H groups in total. The second-order valence-corrected chi connectivity index (χ2v) is 5.49. The first-order valence-corrected chi connectivity index (χ1v) is 7.52. The van der Waals surface area contributed by atoms with E-state index < -0.39 is 0 Å². The number of benzene rings is 1. The molecule has 1 heterocycles. The van der Waals surface area contributed by atoms with E-state index in [1.807, 2.05) is 19.1 Å². The van der Waals surface area contributed by atoms with Gasteiger partial charge in [-0.3, -0.25) is 4.79 Å². The van der Waals surface area contributed by atoms with E-state index in [0.717, 1.165) is 31.7 Å². The van der Waals surface area contributed by atoms with Crippen molar-refractivity contribution in [2.24, 2.45) is 0 Å². The standard InChI is InChI=1S/C16H25N3O/c1-3-5-16(20)17-14-6-8-15(9-7-14)19-11-4-10-18(2)12-13-19/h6-9H,3-5,10-13H2,1-2H3,(H,17,20). The van der Waals surface area contributed by atoms with E-state index in [1.54, 1.807) is 0 Å².